The molecule has 3 heterocycles. The first-order valence-electron chi connectivity index (χ1n) is 10.5. The monoisotopic (exact) mass is 447 g/mol. The average molecular weight is 447 g/mol. The van der Waals surface area contributed by atoms with Crippen LogP contribution in [0.25, 0.3) is 16.9 Å². The Bertz CT molecular complexity index is 1290. The molecule has 3 unspecified atom stereocenters. The van der Waals surface area contributed by atoms with Crippen LogP contribution >= 0.6 is 0 Å². The highest BCUT2D eigenvalue weighted by Gasteiger charge is 2.61. The van der Waals surface area contributed by atoms with Crippen LogP contribution in [0.5, 0.6) is 0 Å². The van der Waals surface area contributed by atoms with E-state index in [-0.39, 0.29) is 34.8 Å². The quantitative estimate of drug-likeness (QED) is 0.552. The van der Waals surface area contributed by atoms with Crippen LogP contribution < -0.4 is 5.56 Å². The summed E-state index contributed by atoms with van der Waals surface area (Å²) in [5.41, 5.74) is 1.35. The van der Waals surface area contributed by atoms with E-state index < -0.39 is 29.6 Å². The van der Waals surface area contributed by atoms with Crippen LogP contribution in [0.4, 0.5) is 17.6 Å². The summed E-state index contributed by atoms with van der Waals surface area (Å²) in [6, 6.07) is 3.12. The molecule has 32 heavy (non-hydrogen) atoms. The second-order valence-corrected chi connectivity index (χ2v) is 8.66. The van der Waals surface area contributed by atoms with E-state index in [0.717, 1.165) is 12.1 Å². The van der Waals surface area contributed by atoms with Crippen LogP contribution in [0, 0.1) is 31.4 Å². The fraction of sp³-hybridized carbons (Fsp3) is 0.435. The van der Waals surface area contributed by atoms with E-state index in [4.69, 9.17) is 4.74 Å². The first kappa shape index (κ1) is 21.1. The number of fused-ring (bicyclic) bond motifs is 1. The van der Waals surface area contributed by atoms with Gasteiger partial charge >= 0.3 is 0 Å². The standard InChI is InChI=1S/C23H21F4N3O2/c1-11-12(2)28-21-20(15-4-3-14(24)8-17(15)25)29-18(10-30(21)22(11)31)13-5-6-32-19(7-13)16-9-23(16,26)27/h3-4,8,10,13,16,19H,5-7,9H2,1-2H3. The normalized spacial score (nSPS) is 24.6. The Kier molecular flexibility index (Phi) is 4.85. The number of aryl methyl sites for hydroxylation is 1. The summed E-state index contributed by atoms with van der Waals surface area (Å²) < 4.78 is 62.3. The second-order valence-electron chi connectivity index (χ2n) is 8.66. The van der Waals surface area contributed by atoms with Crippen molar-refractivity contribution < 1.29 is 22.3 Å². The number of alkyl halides is 2. The fourth-order valence-electron chi connectivity index (χ4n) is 4.43. The number of rotatable bonds is 3. The predicted octanol–water partition coefficient (Wildman–Crippen LogP) is 4.57. The topological polar surface area (TPSA) is 56.5 Å². The molecule has 0 spiro atoms. The highest BCUT2D eigenvalue weighted by Crippen LogP contribution is 2.54. The van der Waals surface area contributed by atoms with Crippen LogP contribution in [-0.4, -0.2) is 33.0 Å². The molecule has 1 aromatic carbocycles. The summed E-state index contributed by atoms with van der Waals surface area (Å²) in [7, 11) is 0. The van der Waals surface area contributed by atoms with Gasteiger partial charge in [-0.2, -0.15) is 0 Å². The van der Waals surface area contributed by atoms with Crippen molar-refractivity contribution in [3.8, 4) is 11.3 Å². The maximum atomic E-state index is 14.7. The van der Waals surface area contributed by atoms with Gasteiger partial charge in [0, 0.05) is 48.0 Å². The summed E-state index contributed by atoms with van der Waals surface area (Å²) in [6.07, 6.45) is 1.63. The molecule has 5 nitrogen and oxygen atoms in total. The third-order valence-corrected chi connectivity index (χ3v) is 6.54. The van der Waals surface area contributed by atoms with Gasteiger partial charge in [-0.15, -0.1) is 0 Å². The average Bonchev–Trinajstić information content (AvgIpc) is 3.40. The summed E-state index contributed by atoms with van der Waals surface area (Å²) in [5, 5.41) is 0. The molecule has 0 radical (unpaired) electrons. The summed E-state index contributed by atoms with van der Waals surface area (Å²) in [6.45, 7) is 3.62. The third kappa shape index (κ3) is 3.48. The minimum absolute atomic E-state index is 0.0123. The maximum absolute atomic E-state index is 14.7. The summed E-state index contributed by atoms with van der Waals surface area (Å²) in [4.78, 5) is 22.1. The molecule has 1 aliphatic heterocycles. The zero-order chi connectivity index (χ0) is 22.8. The molecule has 3 aromatic rings. The number of aromatic nitrogens is 3. The van der Waals surface area contributed by atoms with E-state index in [1.165, 1.54) is 10.5 Å². The van der Waals surface area contributed by atoms with E-state index >= 15 is 0 Å². The first-order chi connectivity index (χ1) is 15.2. The first-order valence-corrected chi connectivity index (χ1v) is 10.5. The van der Waals surface area contributed by atoms with Crippen LogP contribution in [0.2, 0.25) is 0 Å². The molecule has 2 aliphatic rings. The highest BCUT2D eigenvalue weighted by molar-refractivity contribution is 5.74. The fourth-order valence-corrected chi connectivity index (χ4v) is 4.43. The molecule has 0 bridgehead atoms. The second kappa shape index (κ2) is 7.37. The zero-order valence-corrected chi connectivity index (χ0v) is 17.5. The number of halogens is 4. The zero-order valence-electron chi connectivity index (χ0n) is 17.5. The van der Waals surface area contributed by atoms with Gasteiger partial charge in [-0.05, 0) is 38.8 Å². The number of nitrogens with zero attached hydrogens (tertiary/aromatic N) is 3. The van der Waals surface area contributed by atoms with Crippen molar-refractivity contribution in [3.05, 3.63) is 63.3 Å². The van der Waals surface area contributed by atoms with E-state index in [0.29, 0.717) is 36.4 Å². The van der Waals surface area contributed by atoms with Gasteiger partial charge in [0.15, 0.2) is 5.65 Å². The summed E-state index contributed by atoms with van der Waals surface area (Å²) in [5.74, 6) is -5.33. The smallest absolute Gasteiger partial charge is 0.261 e. The largest absolute Gasteiger partial charge is 0.378 e. The lowest BCUT2D eigenvalue weighted by atomic mass is 9.90. The maximum Gasteiger partial charge on any atom is 0.261 e. The van der Waals surface area contributed by atoms with Crippen LogP contribution in [-0.2, 0) is 4.74 Å². The Morgan fingerprint density at radius 3 is 2.62 bits per heavy atom. The van der Waals surface area contributed by atoms with Gasteiger partial charge < -0.3 is 4.74 Å². The van der Waals surface area contributed by atoms with E-state index in [2.05, 4.69) is 9.97 Å². The Hall–Kier alpha value is -2.81. The molecule has 168 valence electrons. The lowest BCUT2D eigenvalue weighted by molar-refractivity contribution is -0.0352. The van der Waals surface area contributed by atoms with Gasteiger partial charge in [0.25, 0.3) is 11.5 Å². The van der Waals surface area contributed by atoms with Crippen molar-refractivity contribution in [1.29, 1.82) is 0 Å². The van der Waals surface area contributed by atoms with Gasteiger partial charge in [0.1, 0.15) is 17.3 Å². The van der Waals surface area contributed by atoms with Crippen LogP contribution in [0.1, 0.15) is 42.1 Å². The minimum atomic E-state index is -2.71. The van der Waals surface area contributed by atoms with E-state index in [9.17, 15) is 22.4 Å². The SMILES string of the molecule is Cc1nc2c(-c3ccc(F)cc3F)nc(C3CCOC(C4CC4(F)F)C3)cn2c(=O)c1C. The van der Waals surface area contributed by atoms with Gasteiger partial charge in [0.05, 0.1) is 17.7 Å². The van der Waals surface area contributed by atoms with Crippen molar-refractivity contribution >= 4 is 5.65 Å². The lowest BCUT2D eigenvalue weighted by Gasteiger charge is -2.29. The molecular weight excluding hydrogens is 426 g/mol. The summed E-state index contributed by atoms with van der Waals surface area (Å²) >= 11 is 0. The minimum Gasteiger partial charge on any atom is -0.378 e. The van der Waals surface area contributed by atoms with Crippen LogP contribution in [0.15, 0.2) is 29.2 Å². The predicted molar refractivity (Wildman–Crippen MR) is 109 cm³/mol. The molecule has 0 amide bonds. The molecule has 2 fully saturated rings. The van der Waals surface area contributed by atoms with Crippen molar-refractivity contribution in [3.63, 3.8) is 0 Å². The highest BCUT2D eigenvalue weighted by atomic mass is 19.3. The molecule has 3 atom stereocenters. The van der Waals surface area contributed by atoms with Gasteiger partial charge in [-0.3, -0.25) is 9.20 Å². The number of hydrogen-bond acceptors (Lipinski definition) is 4. The molecule has 2 aromatic heterocycles. The molecule has 9 heteroatoms. The van der Waals surface area contributed by atoms with Crippen molar-refractivity contribution in [2.45, 2.75) is 51.1 Å². The van der Waals surface area contributed by atoms with Gasteiger partial charge in [-0.1, -0.05) is 0 Å². The molecule has 5 rings (SSSR count). The van der Waals surface area contributed by atoms with Crippen molar-refractivity contribution in [2.24, 2.45) is 5.92 Å². The molecule has 1 saturated carbocycles. The number of hydrogen-bond donors (Lipinski definition) is 0. The Morgan fingerprint density at radius 1 is 1.19 bits per heavy atom. The molecule has 1 aliphatic carbocycles. The van der Waals surface area contributed by atoms with Gasteiger partial charge in [-0.25, -0.2) is 27.5 Å². The Morgan fingerprint density at radius 2 is 1.94 bits per heavy atom. The Labute approximate surface area is 181 Å². The van der Waals surface area contributed by atoms with E-state index in [1.54, 1.807) is 20.0 Å². The molecule has 1 saturated heterocycles. The molecule has 0 N–H and O–H groups in total. The number of benzene rings is 1. The number of ether oxygens (including phenoxy) is 1. The Balaban J connectivity index is 1.66. The van der Waals surface area contributed by atoms with Crippen molar-refractivity contribution in [1.82, 2.24) is 14.4 Å². The third-order valence-electron chi connectivity index (χ3n) is 6.54. The van der Waals surface area contributed by atoms with E-state index in [1.807, 2.05) is 0 Å². The van der Waals surface area contributed by atoms with Crippen LogP contribution in [0.3, 0.4) is 0 Å². The lowest BCUT2D eigenvalue weighted by Crippen LogP contribution is -2.29. The van der Waals surface area contributed by atoms with Crippen molar-refractivity contribution in [2.75, 3.05) is 6.61 Å². The molecular formula is C23H21F4N3O2. The van der Waals surface area contributed by atoms with Gasteiger partial charge in [0.2, 0.25) is 0 Å².